The van der Waals surface area contributed by atoms with Gasteiger partial charge in [-0.25, -0.2) is 4.68 Å². The summed E-state index contributed by atoms with van der Waals surface area (Å²) in [6, 6.07) is 14.3. The third kappa shape index (κ3) is 4.35. The van der Waals surface area contributed by atoms with Gasteiger partial charge in [-0.3, -0.25) is 4.79 Å². The van der Waals surface area contributed by atoms with Crippen LogP contribution in [-0.4, -0.2) is 45.5 Å². The van der Waals surface area contributed by atoms with Crippen molar-refractivity contribution in [1.82, 2.24) is 25.3 Å². The Hall–Kier alpha value is -3.26. The molecule has 1 amide bonds. The summed E-state index contributed by atoms with van der Waals surface area (Å²) in [5, 5.41) is 20.1. The minimum Gasteiger partial charge on any atom is -0.355 e. The average molecular weight is 461 g/mol. The van der Waals surface area contributed by atoms with Crippen molar-refractivity contribution in [1.29, 1.82) is 0 Å². The normalized spacial score (nSPS) is 14.7. The van der Waals surface area contributed by atoms with Crippen LogP contribution in [0.4, 0.5) is 5.82 Å². The average Bonchev–Trinajstić information content (AvgIpc) is 3.48. The number of aryl methyl sites for hydroxylation is 2. The van der Waals surface area contributed by atoms with Crippen LogP contribution in [0, 0.1) is 19.8 Å². The number of thiophene rings is 1. The lowest BCUT2D eigenvalue weighted by Crippen LogP contribution is -2.41. The Labute approximate surface area is 197 Å². The van der Waals surface area contributed by atoms with Gasteiger partial charge in [-0.1, -0.05) is 24.3 Å². The lowest BCUT2D eigenvalue weighted by atomic mass is 9.95. The molecular formula is C25H28N6OS. The molecule has 1 aliphatic rings. The van der Waals surface area contributed by atoms with E-state index in [0.29, 0.717) is 6.54 Å². The summed E-state index contributed by atoms with van der Waals surface area (Å²) in [5.74, 6) is 1.02. The van der Waals surface area contributed by atoms with E-state index < -0.39 is 0 Å². The van der Waals surface area contributed by atoms with Gasteiger partial charge >= 0.3 is 0 Å². The van der Waals surface area contributed by atoms with E-state index in [1.165, 1.54) is 4.88 Å². The number of hydrogen-bond donors (Lipinski definition) is 1. The van der Waals surface area contributed by atoms with E-state index >= 15 is 0 Å². The van der Waals surface area contributed by atoms with E-state index in [1.807, 2.05) is 35.9 Å². The fourth-order valence-electron chi connectivity index (χ4n) is 4.61. The van der Waals surface area contributed by atoms with Crippen molar-refractivity contribution in [2.75, 3.05) is 24.5 Å². The van der Waals surface area contributed by atoms with Gasteiger partial charge in [-0.05, 0) is 56.7 Å². The molecule has 1 aromatic carbocycles. The number of benzene rings is 1. The summed E-state index contributed by atoms with van der Waals surface area (Å²) in [7, 11) is 0. The maximum Gasteiger partial charge on any atom is 0.223 e. The van der Waals surface area contributed by atoms with Crippen LogP contribution in [-0.2, 0) is 11.2 Å². The quantitative estimate of drug-likeness (QED) is 0.469. The number of hydrogen-bond acceptors (Lipinski definition) is 6. The van der Waals surface area contributed by atoms with Gasteiger partial charge in [0.15, 0.2) is 5.82 Å². The van der Waals surface area contributed by atoms with Crippen molar-refractivity contribution in [2.24, 2.45) is 5.92 Å². The monoisotopic (exact) mass is 460 g/mol. The van der Waals surface area contributed by atoms with E-state index in [1.54, 1.807) is 11.3 Å². The molecule has 0 aliphatic carbocycles. The zero-order valence-corrected chi connectivity index (χ0v) is 19.8. The van der Waals surface area contributed by atoms with Crippen LogP contribution in [0.15, 0.2) is 47.8 Å². The first-order valence-electron chi connectivity index (χ1n) is 11.4. The molecule has 8 heteroatoms. The Balaban J connectivity index is 1.29. The highest BCUT2D eigenvalue weighted by molar-refractivity contribution is 7.09. The van der Waals surface area contributed by atoms with Crippen LogP contribution in [0.5, 0.6) is 0 Å². The Kier molecular flexibility index (Phi) is 6.09. The number of piperidine rings is 1. The van der Waals surface area contributed by atoms with Crippen LogP contribution in [0.25, 0.3) is 16.6 Å². The maximum atomic E-state index is 12.7. The molecule has 170 valence electrons. The van der Waals surface area contributed by atoms with Crippen molar-refractivity contribution in [3.05, 3.63) is 64.1 Å². The largest absolute Gasteiger partial charge is 0.355 e. The lowest BCUT2D eigenvalue weighted by molar-refractivity contribution is -0.125. The second kappa shape index (κ2) is 9.31. The van der Waals surface area contributed by atoms with Gasteiger partial charge in [0, 0.05) is 30.4 Å². The third-order valence-corrected chi connectivity index (χ3v) is 7.34. The molecule has 33 heavy (non-hydrogen) atoms. The van der Waals surface area contributed by atoms with Crippen LogP contribution < -0.4 is 10.2 Å². The molecule has 0 bridgehead atoms. The fraction of sp³-hybridized carbons (Fsp3) is 0.360. The summed E-state index contributed by atoms with van der Waals surface area (Å²) in [6.07, 6.45) is 2.50. The van der Waals surface area contributed by atoms with Gasteiger partial charge in [0.05, 0.1) is 22.5 Å². The first kappa shape index (κ1) is 21.6. The van der Waals surface area contributed by atoms with E-state index in [-0.39, 0.29) is 11.8 Å². The number of anilines is 1. The van der Waals surface area contributed by atoms with Gasteiger partial charge in [0.25, 0.3) is 0 Å². The number of amides is 1. The first-order chi connectivity index (χ1) is 16.1. The molecule has 4 aromatic rings. The second-order valence-corrected chi connectivity index (χ2v) is 9.58. The number of nitrogens with one attached hydrogen (secondary N) is 1. The SMILES string of the molecule is Cc1nnc(N2CCC(C(=O)NCCc3cccs3)CC2)c2nn(-c3ccccc3)c(C)c12. The summed E-state index contributed by atoms with van der Waals surface area (Å²) < 4.78 is 1.97. The number of carbonyl (C=O) groups is 1. The van der Waals surface area contributed by atoms with Crippen molar-refractivity contribution >= 4 is 34.0 Å². The predicted octanol–water partition coefficient (Wildman–Crippen LogP) is 4.07. The molecule has 1 aliphatic heterocycles. The summed E-state index contributed by atoms with van der Waals surface area (Å²) >= 11 is 1.73. The molecule has 7 nitrogen and oxygen atoms in total. The van der Waals surface area contributed by atoms with E-state index in [2.05, 4.69) is 50.9 Å². The van der Waals surface area contributed by atoms with Crippen LogP contribution >= 0.6 is 11.3 Å². The van der Waals surface area contributed by atoms with Crippen molar-refractivity contribution in [2.45, 2.75) is 33.1 Å². The van der Waals surface area contributed by atoms with Crippen LogP contribution in [0.2, 0.25) is 0 Å². The predicted molar refractivity (Wildman–Crippen MR) is 132 cm³/mol. The zero-order chi connectivity index (χ0) is 22.8. The Morgan fingerprint density at radius 3 is 2.61 bits per heavy atom. The maximum absolute atomic E-state index is 12.7. The third-order valence-electron chi connectivity index (χ3n) is 6.40. The van der Waals surface area contributed by atoms with E-state index in [9.17, 15) is 4.79 Å². The van der Waals surface area contributed by atoms with E-state index in [0.717, 1.165) is 66.1 Å². The fourth-order valence-corrected chi connectivity index (χ4v) is 5.32. The van der Waals surface area contributed by atoms with Gasteiger partial charge in [0.2, 0.25) is 5.91 Å². The molecule has 3 aromatic heterocycles. The number of aromatic nitrogens is 4. The molecular weight excluding hydrogens is 432 g/mol. The van der Waals surface area contributed by atoms with Crippen molar-refractivity contribution < 1.29 is 4.79 Å². The number of nitrogens with zero attached hydrogens (tertiary/aromatic N) is 5. The van der Waals surface area contributed by atoms with Crippen molar-refractivity contribution in [3.8, 4) is 5.69 Å². The summed E-state index contributed by atoms with van der Waals surface area (Å²) in [5.41, 5.74) is 3.84. The molecule has 0 unspecified atom stereocenters. The topological polar surface area (TPSA) is 75.9 Å². The highest BCUT2D eigenvalue weighted by atomic mass is 32.1. The number of carbonyl (C=O) groups excluding carboxylic acids is 1. The van der Waals surface area contributed by atoms with Gasteiger partial charge in [-0.15, -0.1) is 16.4 Å². The van der Waals surface area contributed by atoms with Crippen LogP contribution in [0.3, 0.4) is 0 Å². The molecule has 0 atom stereocenters. The summed E-state index contributed by atoms with van der Waals surface area (Å²) in [6.45, 7) is 6.30. The molecule has 0 spiro atoms. The molecule has 4 heterocycles. The molecule has 5 rings (SSSR count). The highest BCUT2D eigenvalue weighted by Gasteiger charge is 2.28. The number of fused-ring (bicyclic) bond motifs is 1. The van der Waals surface area contributed by atoms with Gasteiger partial charge in [-0.2, -0.15) is 10.2 Å². The smallest absolute Gasteiger partial charge is 0.223 e. The summed E-state index contributed by atoms with van der Waals surface area (Å²) in [4.78, 5) is 16.2. The minimum atomic E-state index is 0.0436. The van der Waals surface area contributed by atoms with Crippen molar-refractivity contribution in [3.63, 3.8) is 0 Å². The molecule has 1 saturated heterocycles. The zero-order valence-electron chi connectivity index (χ0n) is 19.0. The van der Waals surface area contributed by atoms with Crippen LogP contribution in [0.1, 0.15) is 29.1 Å². The Morgan fingerprint density at radius 2 is 1.88 bits per heavy atom. The minimum absolute atomic E-state index is 0.0436. The van der Waals surface area contributed by atoms with Gasteiger partial charge < -0.3 is 10.2 Å². The molecule has 1 fully saturated rings. The number of para-hydroxylation sites is 1. The number of rotatable bonds is 6. The standard InChI is InChI=1S/C25H28N6OS/c1-17-22-18(2)31(20-7-4-3-5-8-20)29-23(22)24(28-27-17)30-14-11-19(12-15-30)25(32)26-13-10-21-9-6-16-33-21/h3-9,16,19H,10-15H2,1-2H3,(H,26,32). The van der Waals surface area contributed by atoms with E-state index in [4.69, 9.17) is 5.10 Å². The second-order valence-electron chi connectivity index (χ2n) is 8.55. The first-order valence-corrected chi connectivity index (χ1v) is 12.3. The Bertz CT molecular complexity index is 1240. The highest BCUT2D eigenvalue weighted by Crippen LogP contribution is 2.31. The lowest BCUT2D eigenvalue weighted by Gasteiger charge is -2.32. The molecule has 1 N–H and O–H groups in total. The van der Waals surface area contributed by atoms with Gasteiger partial charge in [0.1, 0.15) is 5.52 Å². The molecule has 0 radical (unpaired) electrons. The molecule has 0 saturated carbocycles. The Morgan fingerprint density at radius 1 is 1.09 bits per heavy atom.